The molecule has 1 aliphatic rings. The molecule has 5 nitrogen and oxygen atoms in total. The summed E-state index contributed by atoms with van der Waals surface area (Å²) in [7, 11) is 0. The maximum atomic E-state index is 6.02. The van der Waals surface area contributed by atoms with Gasteiger partial charge in [0.1, 0.15) is 6.26 Å². The molecule has 0 aliphatic heterocycles. The van der Waals surface area contributed by atoms with Crippen LogP contribution in [0.5, 0.6) is 0 Å². The van der Waals surface area contributed by atoms with Crippen LogP contribution >= 0.6 is 24.0 Å². The van der Waals surface area contributed by atoms with Gasteiger partial charge in [0, 0.05) is 24.2 Å². The van der Waals surface area contributed by atoms with E-state index < -0.39 is 0 Å². The Balaban J connectivity index is 0.00000225. The zero-order chi connectivity index (χ0) is 18.6. The van der Waals surface area contributed by atoms with Crippen LogP contribution in [0, 0.1) is 6.92 Å². The van der Waals surface area contributed by atoms with Gasteiger partial charge in [-0.05, 0) is 61.6 Å². The summed E-state index contributed by atoms with van der Waals surface area (Å²) in [5.74, 6) is 1.06. The predicted molar refractivity (Wildman–Crippen MR) is 124 cm³/mol. The number of hydrogen-bond acceptors (Lipinski definition) is 3. The van der Waals surface area contributed by atoms with Crippen molar-refractivity contribution in [3.63, 3.8) is 0 Å². The van der Waals surface area contributed by atoms with E-state index in [1.807, 2.05) is 12.1 Å². The van der Waals surface area contributed by atoms with Crippen molar-refractivity contribution in [1.29, 1.82) is 0 Å². The Bertz CT molecular complexity index is 963. The number of aliphatic imine (C=N–C) groups is 1. The highest BCUT2D eigenvalue weighted by atomic mass is 127. The molecule has 0 saturated carbocycles. The van der Waals surface area contributed by atoms with Gasteiger partial charge < -0.3 is 15.5 Å². The van der Waals surface area contributed by atoms with Gasteiger partial charge in [-0.2, -0.15) is 0 Å². The number of guanidine groups is 1. The molecule has 2 aromatic carbocycles. The number of nitrogens with one attached hydrogen (secondary N) is 1. The summed E-state index contributed by atoms with van der Waals surface area (Å²) in [4.78, 5) is 8.94. The van der Waals surface area contributed by atoms with Gasteiger partial charge in [-0.1, -0.05) is 23.8 Å². The van der Waals surface area contributed by atoms with Crippen LogP contribution in [0.1, 0.15) is 28.8 Å². The summed E-state index contributed by atoms with van der Waals surface area (Å²) in [6, 6.07) is 14.6. The molecule has 1 aliphatic carbocycles. The highest BCUT2D eigenvalue weighted by molar-refractivity contribution is 14.0. The molecular formula is C22H25IN4O. The monoisotopic (exact) mass is 488 g/mol. The fourth-order valence-corrected chi connectivity index (χ4v) is 3.38. The van der Waals surface area contributed by atoms with Gasteiger partial charge >= 0.3 is 0 Å². The first-order valence-corrected chi connectivity index (χ1v) is 9.37. The highest BCUT2D eigenvalue weighted by Gasteiger charge is 2.11. The third kappa shape index (κ3) is 4.92. The van der Waals surface area contributed by atoms with Gasteiger partial charge in [-0.3, -0.25) is 4.99 Å². The summed E-state index contributed by atoms with van der Waals surface area (Å²) in [5.41, 5.74) is 13.0. The lowest BCUT2D eigenvalue weighted by atomic mass is 10.1. The van der Waals surface area contributed by atoms with Crippen LogP contribution in [-0.2, 0) is 19.3 Å². The first-order chi connectivity index (χ1) is 13.2. The number of nitrogens with two attached hydrogens (primary N) is 1. The second-order valence-electron chi connectivity index (χ2n) is 6.99. The van der Waals surface area contributed by atoms with Crippen LogP contribution in [0.15, 0.2) is 58.1 Å². The Kier molecular flexibility index (Phi) is 6.72. The molecule has 0 amide bonds. The number of aromatic nitrogens is 1. The molecule has 0 unspecified atom stereocenters. The van der Waals surface area contributed by atoms with E-state index in [0.717, 1.165) is 23.4 Å². The average molecular weight is 488 g/mol. The summed E-state index contributed by atoms with van der Waals surface area (Å²) in [5, 5.41) is 3.18. The Morgan fingerprint density at radius 1 is 1.14 bits per heavy atom. The lowest BCUT2D eigenvalue weighted by Gasteiger charge is -2.07. The number of hydrogen-bond donors (Lipinski definition) is 2. The minimum atomic E-state index is 0. The third-order valence-electron chi connectivity index (χ3n) is 4.87. The van der Waals surface area contributed by atoms with Crippen molar-refractivity contribution in [2.45, 2.75) is 32.6 Å². The van der Waals surface area contributed by atoms with Crippen molar-refractivity contribution in [3.8, 4) is 11.5 Å². The second kappa shape index (κ2) is 9.23. The van der Waals surface area contributed by atoms with Gasteiger partial charge in [0.05, 0.1) is 5.69 Å². The number of halogens is 1. The molecule has 146 valence electrons. The smallest absolute Gasteiger partial charge is 0.226 e. The number of benzene rings is 2. The Morgan fingerprint density at radius 2 is 1.93 bits per heavy atom. The topological polar surface area (TPSA) is 76.4 Å². The molecule has 1 aromatic heterocycles. The van der Waals surface area contributed by atoms with Crippen molar-refractivity contribution in [1.82, 2.24) is 4.98 Å². The van der Waals surface area contributed by atoms with E-state index in [1.165, 1.54) is 29.5 Å². The molecule has 6 heteroatoms. The zero-order valence-corrected chi connectivity index (χ0v) is 18.3. The van der Waals surface area contributed by atoms with E-state index in [2.05, 4.69) is 52.5 Å². The summed E-state index contributed by atoms with van der Waals surface area (Å²) in [6.45, 7) is 2.62. The molecule has 28 heavy (non-hydrogen) atoms. The first kappa shape index (κ1) is 20.4. The van der Waals surface area contributed by atoms with Crippen LogP contribution in [0.25, 0.3) is 11.5 Å². The third-order valence-corrected chi connectivity index (χ3v) is 4.87. The quantitative estimate of drug-likeness (QED) is 0.310. The van der Waals surface area contributed by atoms with Gasteiger partial charge in [0.2, 0.25) is 5.89 Å². The fourth-order valence-electron chi connectivity index (χ4n) is 3.38. The number of rotatable bonds is 5. The first-order valence-electron chi connectivity index (χ1n) is 9.37. The SMILES string of the molecule is Cc1ccc(-c2nc(CCN=C(N)Nc3ccc4c(c3)CCC4)co2)cc1.I. The summed E-state index contributed by atoms with van der Waals surface area (Å²) >= 11 is 0. The molecule has 0 atom stereocenters. The van der Waals surface area contributed by atoms with Crippen molar-refractivity contribution in [3.05, 3.63) is 71.1 Å². The molecule has 0 saturated heterocycles. The van der Waals surface area contributed by atoms with Gasteiger partial charge in [-0.25, -0.2) is 4.98 Å². The highest BCUT2D eigenvalue weighted by Crippen LogP contribution is 2.24. The van der Waals surface area contributed by atoms with Crippen molar-refractivity contribution >= 4 is 35.6 Å². The van der Waals surface area contributed by atoms with Crippen LogP contribution in [0.2, 0.25) is 0 Å². The van der Waals surface area contributed by atoms with E-state index in [1.54, 1.807) is 6.26 Å². The molecule has 4 rings (SSSR count). The largest absolute Gasteiger partial charge is 0.444 e. The maximum absolute atomic E-state index is 6.02. The molecular weight excluding hydrogens is 463 g/mol. The standard InChI is InChI=1S/C22H24N4O.HI/c1-15-5-7-17(8-6-15)21-25-20(14-27-21)11-12-24-22(23)26-19-10-9-16-3-2-4-18(16)13-19;/h5-10,13-14H,2-4,11-12H2,1H3,(H3,23,24,26);1H. The zero-order valence-electron chi connectivity index (χ0n) is 15.9. The lowest BCUT2D eigenvalue weighted by Crippen LogP contribution is -2.23. The number of aryl methyl sites for hydroxylation is 3. The molecule has 0 radical (unpaired) electrons. The Morgan fingerprint density at radius 3 is 2.75 bits per heavy atom. The number of anilines is 1. The molecule has 0 bridgehead atoms. The van der Waals surface area contributed by atoms with Crippen LogP contribution in [0.3, 0.4) is 0 Å². The van der Waals surface area contributed by atoms with Crippen molar-refractivity contribution in [2.75, 3.05) is 11.9 Å². The molecule has 1 heterocycles. The minimum absolute atomic E-state index is 0. The Labute approximate surface area is 182 Å². The van der Waals surface area contributed by atoms with Crippen LogP contribution in [-0.4, -0.2) is 17.5 Å². The summed E-state index contributed by atoms with van der Waals surface area (Å²) in [6.07, 6.45) is 5.94. The van der Waals surface area contributed by atoms with Crippen LogP contribution in [0.4, 0.5) is 5.69 Å². The van der Waals surface area contributed by atoms with Crippen molar-refractivity contribution < 1.29 is 4.42 Å². The number of nitrogens with zero attached hydrogens (tertiary/aromatic N) is 2. The van der Waals surface area contributed by atoms with Gasteiger partial charge in [0.15, 0.2) is 5.96 Å². The van der Waals surface area contributed by atoms with Crippen molar-refractivity contribution in [2.24, 2.45) is 10.7 Å². The minimum Gasteiger partial charge on any atom is -0.444 e. The molecule has 0 fully saturated rings. The lowest BCUT2D eigenvalue weighted by molar-refractivity contribution is 0.572. The van der Waals surface area contributed by atoms with E-state index in [4.69, 9.17) is 10.2 Å². The second-order valence-corrected chi connectivity index (χ2v) is 6.99. The Hall–Kier alpha value is -2.35. The number of oxazole rings is 1. The molecule has 3 N–H and O–H groups in total. The van der Waals surface area contributed by atoms with Gasteiger partial charge in [-0.15, -0.1) is 24.0 Å². The maximum Gasteiger partial charge on any atom is 0.226 e. The van der Waals surface area contributed by atoms with E-state index >= 15 is 0 Å². The van der Waals surface area contributed by atoms with E-state index in [0.29, 0.717) is 24.8 Å². The molecule has 0 spiro atoms. The number of fused-ring (bicyclic) bond motifs is 1. The van der Waals surface area contributed by atoms with E-state index in [-0.39, 0.29) is 24.0 Å². The molecule has 3 aromatic rings. The predicted octanol–water partition coefficient (Wildman–Crippen LogP) is 4.73. The normalized spacial score (nSPS) is 13.1. The van der Waals surface area contributed by atoms with Gasteiger partial charge in [0.25, 0.3) is 0 Å². The van der Waals surface area contributed by atoms with E-state index in [9.17, 15) is 0 Å². The van der Waals surface area contributed by atoms with Crippen LogP contribution < -0.4 is 11.1 Å². The summed E-state index contributed by atoms with van der Waals surface area (Å²) < 4.78 is 5.58. The fraction of sp³-hybridized carbons (Fsp3) is 0.273. The average Bonchev–Trinajstić information content (AvgIpc) is 3.31.